The molecule has 4 nitrogen and oxygen atoms in total. The third kappa shape index (κ3) is 2.91. The number of hydrogen-bond acceptors (Lipinski definition) is 4. The normalized spacial score (nSPS) is 13.6. The molecule has 2 rings (SSSR count). The summed E-state index contributed by atoms with van der Waals surface area (Å²) in [6.45, 7) is 2.10. The van der Waals surface area contributed by atoms with Crippen LogP contribution in [0.15, 0.2) is 42.7 Å². The molecule has 0 aliphatic heterocycles. The average Bonchev–Trinajstić information content (AvgIpc) is 2.53. The van der Waals surface area contributed by atoms with Gasteiger partial charge in [-0.1, -0.05) is 6.92 Å². The Hall–Kier alpha value is -2.07. The highest BCUT2D eigenvalue weighted by Gasteiger charge is 2.20. The van der Waals surface area contributed by atoms with Gasteiger partial charge in [-0.25, -0.2) is 0 Å². The van der Waals surface area contributed by atoms with E-state index in [4.69, 9.17) is 15.2 Å². The lowest BCUT2D eigenvalue weighted by Crippen LogP contribution is -2.18. The highest BCUT2D eigenvalue weighted by molar-refractivity contribution is 5.43. The molecule has 1 heterocycles. The van der Waals surface area contributed by atoms with Crippen LogP contribution in [0.5, 0.6) is 11.5 Å². The maximum absolute atomic E-state index is 6.41. The van der Waals surface area contributed by atoms with Crippen LogP contribution >= 0.6 is 0 Å². The molecule has 2 aromatic rings. The Bertz CT molecular complexity index is 558. The standard InChI is InChI=1S/C16H20N2O2/c1-11(12-6-8-18-9-7-12)16(17)14-10-13(19-2)4-5-15(14)20-3/h4-11,16H,17H2,1-3H3. The predicted octanol–water partition coefficient (Wildman–Crippen LogP) is 2.90. The minimum atomic E-state index is -0.178. The molecule has 0 radical (unpaired) electrons. The minimum absolute atomic E-state index is 0.152. The monoisotopic (exact) mass is 272 g/mol. The third-order valence-corrected chi connectivity index (χ3v) is 3.57. The van der Waals surface area contributed by atoms with Crippen molar-refractivity contribution in [3.63, 3.8) is 0 Å². The molecule has 0 aliphatic rings. The second-order valence-electron chi connectivity index (χ2n) is 4.70. The minimum Gasteiger partial charge on any atom is -0.497 e. The lowest BCUT2D eigenvalue weighted by molar-refractivity contribution is 0.392. The van der Waals surface area contributed by atoms with E-state index in [0.29, 0.717) is 0 Å². The molecule has 0 saturated carbocycles. The van der Waals surface area contributed by atoms with E-state index in [1.165, 1.54) is 0 Å². The van der Waals surface area contributed by atoms with Gasteiger partial charge < -0.3 is 15.2 Å². The summed E-state index contributed by atoms with van der Waals surface area (Å²) in [5.41, 5.74) is 8.51. The number of hydrogen-bond donors (Lipinski definition) is 1. The summed E-state index contributed by atoms with van der Waals surface area (Å²) in [5.74, 6) is 1.70. The molecule has 106 valence electrons. The van der Waals surface area contributed by atoms with Gasteiger partial charge in [0.2, 0.25) is 0 Å². The molecule has 0 amide bonds. The van der Waals surface area contributed by atoms with Crippen molar-refractivity contribution in [3.8, 4) is 11.5 Å². The van der Waals surface area contributed by atoms with Gasteiger partial charge in [0, 0.05) is 29.9 Å². The highest BCUT2D eigenvalue weighted by Crippen LogP contribution is 2.35. The Morgan fingerprint density at radius 3 is 2.35 bits per heavy atom. The van der Waals surface area contributed by atoms with Crippen LogP contribution in [0.4, 0.5) is 0 Å². The number of rotatable bonds is 5. The molecule has 2 unspecified atom stereocenters. The van der Waals surface area contributed by atoms with Gasteiger partial charge in [-0.15, -0.1) is 0 Å². The van der Waals surface area contributed by atoms with Crippen molar-refractivity contribution in [2.45, 2.75) is 18.9 Å². The average molecular weight is 272 g/mol. The van der Waals surface area contributed by atoms with Crippen molar-refractivity contribution < 1.29 is 9.47 Å². The van der Waals surface area contributed by atoms with Crippen molar-refractivity contribution in [1.82, 2.24) is 4.98 Å². The second-order valence-corrected chi connectivity index (χ2v) is 4.70. The maximum Gasteiger partial charge on any atom is 0.123 e. The Kier molecular flexibility index (Phi) is 4.58. The van der Waals surface area contributed by atoms with Crippen molar-refractivity contribution >= 4 is 0 Å². The first-order valence-electron chi connectivity index (χ1n) is 6.54. The zero-order valence-electron chi connectivity index (χ0n) is 12.0. The summed E-state index contributed by atoms with van der Waals surface area (Å²) in [6.07, 6.45) is 3.56. The molecule has 1 aromatic heterocycles. The smallest absolute Gasteiger partial charge is 0.123 e. The zero-order valence-corrected chi connectivity index (χ0v) is 12.0. The van der Waals surface area contributed by atoms with Gasteiger partial charge in [0.05, 0.1) is 14.2 Å². The lowest BCUT2D eigenvalue weighted by Gasteiger charge is -2.23. The van der Waals surface area contributed by atoms with E-state index in [0.717, 1.165) is 22.6 Å². The fourth-order valence-electron chi connectivity index (χ4n) is 2.24. The second kappa shape index (κ2) is 6.39. The van der Waals surface area contributed by atoms with Crippen LogP contribution in [-0.2, 0) is 0 Å². The lowest BCUT2D eigenvalue weighted by atomic mass is 9.89. The number of nitrogens with zero attached hydrogens (tertiary/aromatic N) is 1. The highest BCUT2D eigenvalue weighted by atomic mass is 16.5. The van der Waals surface area contributed by atoms with Gasteiger partial charge in [0.1, 0.15) is 11.5 Å². The van der Waals surface area contributed by atoms with Gasteiger partial charge >= 0.3 is 0 Å². The predicted molar refractivity (Wildman–Crippen MR) is 79.1 cm³/mol. The topological polar surface area (TPSA) is 57.4 Å². The number of benzene rings is 1. The zero-order chi connectivity index (χ0) is 14.5. The van der Waals surface area contributed by atoms with Crippen LogP contribution in [0.3, 0.4) is 0 Å². The van der Waals surface area contributed by atoms with E-state index < -0.39 is 0 Å². The first-order chi connectivity index (χ1) is 9.67. The summed E-state index contributed by atoms with van der Waals surface area (Å²) >= 11 is 0. The maximum atomic E-state index is 6.41. The number of nitrogens with two attached hydrogens (primary N) is 1. The van der Waals surface area contributed by atoms with E-state index in [1.807, 2.05) is 30.3 Å². The quantitative estimate of drug-likeness (QED) is 0.909. The van der Waals surface area contributed by atoms with Gasteiger partial charge in [0.25, 0.3) is 0 Å². The molecular weight excluding hydrogens is 252 g/mol. The summed E-state index contributed by atoms with van der Waals surface area (Å²) in [4.78, 5) is 4.04. The Balaban J connectivity index is 2.34. The van der Waals surface area contributed by atoms with Crippen LogP contribution in [0.2, 0.25) is 0 Å². The van der Waals surface area contributed by atoms with E-state index in [-0.39, 0.29) is 12.0 Å². The Morgan fingerprint density at radius 1 is 1.05 bits per heavy atom. The van der Waals surface area contributed by atoms with E-state index in [9.17, 15) is 0 Å². The first-order valence-corrected chi connectivity index (χ1v) is 6.54. The Morgan fingerprint density at radius 2 is 1.75 bits per heavy atom. The van der Waals surface area contributed by atoms with Gasteiger partial charge in [-0.05, 0) is 35.9 Å². The summed E-state index contributed by atoms with van der Waals surface area (Å²) in [6, 6.07) is 9.47. The summed E-state index contributed by atoms with van der Waals surface area (Å²) in [5, 5.41) is 0. The number of pyridine rings is 1. The molecular formula is C16H20N2O2. The number of ether oxygens (including phenoxy) is 2. The largest absolute Gasteiger partial charge is 0.497 e. The van der Waals surface area contributed by atoms with Crippen LogP contribution in [0.25, 0.3) is 0 Å². The van der Waals surface area contributed by atoms with Crippen LogP contribution in [0.1, 0.15) is 30.0 Å². The van der Waals surface area contributed by atoms with E-state index in [2.05, 4.69) is 11.9 Å². The Labute approximate surface area is 119 Å². The van der Waals surface area contributed by atoms with Gasteiger partial charge in [-0.3, -0.25) is 4.98 Å². The fraction of sp³-hybridized carbons (Fsp3) is 0.312. The van der Waals surface area contributed by atoms with Crippen molar-refractivity contribution in [2.75, 3.05) is 14.2 Å². The molecule has 4 heteroatoms. The molecule has 0 aliphatic carbocycles. The molecule has 1 aromatic carbocycles. The fourth-order valence-corrected chi connectivity index (χ4v) is 2.24. The summed E-state index contributed by atoms with van der Waals surface area (Å²) < 4.78 is 10.7. The van der Waals surface area contributed by atoms with Crippen molar-refractivity contribution in [2.24, 2.45) is 5.73 Å². The molecule has 20 heavy (non-hydrogen) atoms. The van der Waals surface area contributed by atoms with Gasteiger partial charge in [-0.2, -0.15) is 0 Å². The van der Waals surface area contributed by atoms with Gasteiger partial charge in [0.15, 0.2) is 0 Å². The van der Waals surface area contributed by atoms with Crippen LogP contribution in [0, 0.1) is 0 Å². The first kappa shape index (κ1) is 14.3. The van der Waals surface area contributed by atoms with E-state index in [1.54, 1.807) is 26.6 Å². The molecule has 0 saturated heterocycles. The number of methoxy groups -OCH3 is 2. The number of aromatic nitrogens is 1. The molecule has 2 N–H and O–H groups in total. The van der Waals surface area contributed by atoms with Crippen LogP contribution < -0.4 is 15.2 Å². The molecule has 0 bridgehead atoms. The van der Waals surface area contributed by atoms with Crippen molar-refractivity contribution in [1.29, 1.82) is 0 Å². The molecule has 0 fully saturated rings. The summed E-state index contributed by atoms with van der Waals surface area (Å²) in [7, 11) is 3.29. The molecule has 2 atom stereocenters. The van der Waals surface area contributed by atoms with Crippen molar-refractivity contribution in [3.05, 3.63) is 53.9 Å². The molecule has 0 spiro atoms. The van der Waals surface area contributed by atoms with Crippen LogP contribution in [-0.4, -0.2) is 19.2 Å². The third-order valence-electron chi connectivity index (χ3n) is 3.57. The van der Waals surface area contributed by atoms with E-state index >= 15 is 0 Å². The SMILES string of the molecule is COc1ccc(OC)c(C(N)C(C)c2ccncc2)c1.